The molecule has 0 aromatic carbocycles. The van der Waals surface area contributed by atoms with Crippen LogP contribution in [0.2, 0.25) is 0 Å². The lowest BCUT2D eigenvalue weighted by Crippen LogP contribution is -2.04. The monoisotopic (exact) mass is 211 g/mol. The summed E-state index contributed by atoms with van der Waals surface area (Å²) in [6.45, 7) is 5.79. The summed E-state index contributed by atoms with van der Waals surface area (Å²) < 4.78 is 35.2. The summed E-state index contributed by atoms with van der Waals surface area (Å²) in [5.41, 5.74) is -0.796. The molecule has 0 fully saturated rings. The average molecular weight is 211 g/mol. The van der Waals surface area contributed by atoms with E-state index in [1.165, 1.54) is 6.42 Å². The predicted octanol–water partition coefficient (Wildman–Crippen LogP) is 3.89. The number of hydrogen-bond acceptors (Lipinski definition) is 2. The molecule has 0 aliphatic heterocycles. The molecule has 76 valence electrons. The maximum Gasteiger partial charge on any atom is 0.434 e. The van der Waals surface area contributed by atoms with Crippen LogP contribution < -0.4 is 0 Å². The van der Waals surface area contributed by atoms with Crippen molar-refractivity contribution in [2.45, 2.75) is 33.4 Å². The minimum absolute atomic E-state index is 0.437. The largest absolute Gasteiger partial charge is 0.434 e. The normalized spacial score (nSPS) is 10.6. The Morgan fingerprint density at radius 2 is 1.85 bits per heavy atom. The summed E-state index contributed by atoms with van der Waals surface area (Å²) in [6.07, 6.45) is -3.04. The highest BCUT2D eigenvalue weighted by Gasteiger charge is 2.33. The molecule has 1 aromatic heterocycles. The third-order valence-electron chi connectivity index (χ3n) is 0.909. The van der Waals surface area contributed by atoms with Gasteiger partial charge >= 0.3 is 6.18 Å². The molecule has 0 amide bonds. The Morgan fingerprint density at radius 1 is 1.38 bits per heavy atom. The summed E-state index contributed by atoms with van der Waals surface area (Å²) >= 11 is 1.00. The molecule has 0 aliphatic carbocycles. The van der Waals surface area contributed by atoms with Crippen molar-refractivity contribution in [1.29, 1.82) is 0 Å². The molecule has 5 heteroatoms. The van der Waals surface area contributed by atoms with E-state index in [0.29, 0.717) is 5.01 Å². The molecule has 1 aromatic rings. The Labute approximate surface area is 79.6 Å². The summed E-state index contributed by atoms with van der Waals surface area (Å²) in [5.74, 6) is 0. The fourth-order valence-corrected chi connectivity index (χ4v) is 1.11. The van der Waals surface area contributed by atoms with E-state index < -0.39 is 11.9 Å². The van der Waals surface area contributed by atoms with Gasteiger partial charge in [0.05, 0.1) is 5.01 Å². The van der Waals surface area contributed by atoms with Crippen LogP contribution in [0.15, 0.2) is 5.38 Å². The van der Waals surface area contributed by atoms with Gasteiger partial charge in [0.15, 0.2) is 5.69 Å². The standard InChI is InChI=1S/C5H4F3NS.C3H8/c1-3-9-4(2-10-3)5(6,7)8;1-3-2/h2H,1H3;3H2,1-2H3. The number of aromatic nitrogens is 1. The third kappa shape index (κ3) is 4.87. The molecule has 0 atom stereocenters. The highest BCUT2D eigenvalue weighted by atomic mass is 32.1. The first-order chi connectivity index (χ1) is 5.91. The van der Waals surface area contributed by atoms with E-state index in [1.54, 1.807) is 6.92 Å². The van der Waals surface area contributed by atoms with Crippen LogP contribution in [0.1, 0.15) is 31.0 Å². The van der Waals surface area contributed by atoms with Crippen molar-refractivity contribution in [3.05, 3.63) is 16.1 Å². The van der Waals surface area contributed by atoms with Gasteiger partial charge in [-0.05, 0) is 6.92 Å². The van der Waals surface area contributed by atoms with Gasteiger partial charge in [0.25, 0.3) is 0 Å². The number of thiazole rings is 1. The van der Waals surface area contributed by atoms with E-state index >= 15 is 0 Å². The second kappa shape index (κ2) is 5.21. The first-order valence-electron chi connectivity index (χ1n) is 3.91. The van der Waals surface area contributed by atoms with E-state index in [0.717, 1.165) is 16.7 Å². The van der Waals surface area contributed by atoms with E-state index in [9.17, 15) is 13.2 Å². The second-order valence-electron chi connectivity index (χ2n) is 2.46. The van der Waals surface area contributed by atoms with Crippen LogP contribution in [0.25, 0.3) is 0 Å². The maximum absolute atomic E-state index is 11.7. The maximum atomic E-state index is 11.7. The molecule has 0 saturated carbocycles. The van der Waals surface area contributed by atoms with Crippen molar-refractivity contribution in [3.8, 4) is 0 Å². The van der Waals surface area contributed by atoms with Gasteiger partial charge in [0.2, 0.25) is 0 Å². The molecule has 0 aliphatic rings. The highest BCUT2D eigenvalue weighted by molar-refractivity contribution is 7.09. The van der Waals surface area contributed by atoms with Crippen molar-refractivity contribution < 1.29 is 13.2 Å². The number of nitrogens with zero attached hydrogens (tertiary/aromatic N) is 1. The van der Waals surface area contributed by atoms with Gasteiger partial charge in [-0.3, -0.25) is 0 Å². The fraction of sp³-hybridized carbons (Fsp3) is 0.625. The van der Waals surface area contributed by atoms with Gasteiger partial charge in [-0.1, -0.05) is 20.3 Å². The molecule has 0 N–H and O–H groups in total. The Bertz CT molecular complexity index is 242. The summed E-state index contributed by atoms with van der Waals surface area (Å²) in [6, 6.07) is 0. The third-order valence-corrected chi connectivity index (χ3v) is 1.68. The first kappa shape index (κ1) is 12.4. The van der Waals surface area contributed by atoms with E-state index in [2.05, 4.69) is 18.8 Å². The summed E-state index contributed by atoms with van der Waals surface area (Å²) in [4.78, 5) is 3.28. The van der Waals surface area contributed by atoms with Crippen LogP contribution >= 0.6 is 11.3 Å². The topological polar surface area (TPSA) is 12.9 Å². The zero-order valence-corrected chi connectivity index (χ0v) is 8.59. The highest BCUT2D eigenvalue weighted by Crippen LogP contribution is 2.29. The molecule has 0 spiro atoms. The minimum Gasteiger partial charge on any atom is -0.237 e. The van der Waals surface area contributed by atoms with Gasteiger partial charge in [-0.25, -0.2) is 4.98 Å². The molecule has 0 unspecified atom stereocenters. The Kier molecular flexibility index (Phi) is 4.98. The molecular weight excluding hydrogens is 199 g/mol. The SMILES string of the molecule is CCC.Cc1nc(C(F)(F)F)cs1. The molecular formula is C8H12F3NS. The number of halogens is 3. The van der Waals surface area contributed by atoms with Crippen molar-refractivity contribution in [2.24, 2.45) is 0 Å². The fourth-order valence-electron chi connectivity index (χ4n) is 0.494. The average Bonchev–Trinajstić information content (AvgIpc) is 2.35. The smallest absolute Gasteiger partial charge is 0.237 e. The Balaban J connectivity index is 0.000000424. The number of aryl methyl sites for hydroxylation is 1. The number of hydrogen-bond donors (Lipinski definition) is 0. The van der Waals surface area contributed by atoms with Crippen LogP contribution in [0.3, 0.4) is 0 Å². The quantitative estimate of drug-likeness (QED) is 0.634. The Morgan fingerprint density at radius 3 is 2.00 bits per heavy atom. The van der Waals surface area contributed by atoms with E-state index in [1.807, 2.05) is 0 Å². The lowest BCUT2D eigenvalue weighted by molar-refractivity contribution is -0.140. The molecule has 1 nitrogen and oxygen atoms in total. The van der Waals surface area contributed by atoms with Crippen molar-refractivity contribution in [1.82, 2.24) is 4.98 Å². The van der Waals surface area contributed by atoms with Gasteiger partial charge in [-0.15, -0.1) is 11.3 Å². The van der Waals surface area contributed by atoms with Crippen LogP contribution in [0.4, 0.5) is 13.2 Å². The van der Waals surface area contributed by atoms with Gasteiger partial charge in [0.1, 0.15) is 0 Å². The minimum atomic E-state index is -4.29. The van der Waals surface area contributed by atoms with Gasteiger partial charge in [-0.2, -0.15) is 13.2 Å². The Hall–Kier alpha value is -0.580. The zero-order chi connectivity index (χ0) is 10.5. The summed E-state index contributed by atoms with van der Waals surface area (Å²) in [5, 5.41) is 1.45. The lowest BCUT2D eigenvalue weighted by Gasteiger charge is -1.98. The second-order valence-corrected chi connectivity index (χ2v) is 3.52. The van der Waals surface area contributed by atoms with Gasteiger partial charge < -0.3 is 0 Å². The van der Waals surface area contributed by atoms with Crippen LogP contribution in [-0.4, -0.2) is 4.98 Å². The molecule has 1 rings (SSSR count). The van der Waals surface area contributed by atoms with E-state index in [-0.39, 0.29) is 0 Å². The van der Waals surface area contributed by atoms with E-state index in [4.69, 9.17) is 0 Å². The molecule has 13 heavy (non-hydrogen) atoms. The first-order valence-corrected chi connectivity index (χ1v) is 4.79. The van der Waals surface area contributed by atoms with Crippen molar-refractivity contribution in [2.75, 3.05) is 0 Å². The van der Waals surface area contributed by atoms with Crippen molar-refractivity contribution >= 4 is 11.3 Å². The molecule has 0 bridgehead atoms. The lowest BCUT2D eigenvalue weighted by atomic mass is 10.5. The van der Waals surface area contributed by atoms with Crippen LogP contribution in [0.5, 0.6) is 0 Å². The summed E-state index contributed by atoms with van der Waals surface area (Å²) in [7, 11) is 0. The molecule has 0 radical (unpaired) electrons. The van der Waals surface area contributed by atoms with Crippen LogP contribution in [0, 0.1) is 6.92 Å². The van der Waals surface area contributed by atoms with Crippen LogP contribution in [-0.2, 0) is 6.18 Å². The van der Waals surface area contributed by atoms with Crippen molar-refractivity contribution in [3.63, 3.8) is 0 Å². The predicted molar refractivity (Wildman–Crippen MR) is 47.8 cm³/mol. The zero-order valence-electron chi connectivity index (χ0n) is 7.77. The van der Waals surface area contributed by atoms with Gasteiger partial charge in [0, 0.05) is 5.38 Å². The number of alkyl halides is 3. The number of rotatable bonds is 0. The molecule has 0 saturated heterocycles. The molecule has 1 heterocycles.